The molecule has 3 heterocycles. The lowest BCUT2D eigenvalue weighted by Gasteiger charge is -2.26. The fourth-order valence-corrected chi connectivity index (χ4v) is 4.39. The van der Waals surface area contributed by atoms with Crippen LogP contribution in [0.3, 0.4) is 0 Å². The number of amides is 3. The number of carbonyl (C=O) groups excluding carboxylic acids is 2. The molecule has 0 spiro atoms. The van der Waals surface area contributed by atoms with Gasteiger partial charge in [0.15, 0.2) is 5.82 Å². The molecule has 0 aliphatic carbocycles. The van der Waals surface area contributed by atoms with Crippen molar-refractivity contribution < 1.29 is 22.8 Å². The molecular weight excluding hydrogens is 523 g/mol. The number of halogens is 3. The van der Waals surface area contributed by atoms with Crippen LogP contribution in [0, 0.1) is 17.7 Å². The minimum Gasteiger partial charge on any atom is -0.370 e. The maximum atomic E-state index is 13.7. The van der Waals surface area contributed by atoms with Crippen LogP contribution in [0.15, 0.2) is 42.5 Å². The Hall–Kier alpha value is -4.19. The van der Waals surface area contributed by atoms with Crippen LogP contribution in [0.2, 0.25) is 0 Å². The van der Waals surface area contributed by atoms with E-state index in [2.05, 4.69) is 36.1 Å². The Morgan fingerprint density at radius 2 is 1.68 bits per heavy atom. The molecule has 0 saturated carbocycles. The largest absolute Gasteiger partial charge is 0.370 e. The minimum absolute atomic E-state index is 0.184. The molecule has 4 N–H and O–H groups in total. The number of likely N-dealkylation sites (tertiary alicyclic amines) is 1. The summed E-state index contributed by atoms with van der Waals surface area (Å²) in [6, 6.07) is 10.3. The lowest BCUT2D eigenvalue weighted by atomic mass is 10.1. The van der Waals surface area contributed by atoms with E-state index in [9.17, 15) is 22.8 Å². The van der Waals surface area contributed by atoms with Gasteiger partial charge in [-0.05, 0) is 63.2 Å². The van der Waals surface area contributed by atoms with Crippen molar-refractivity contribution in [3.8, 4) is 11.3 Å². The molecule has 2 aromatic heterocycles. The van der Waals surface area contributed by atoms with Crippen LogP contribution >= 0.6 is 0 Å². The molecule has 3 aromatic rings. The molecule has 0 unspecified atom stereocenters. The number of benzene rings is 1. The smallest absolute Gasteiger partial charge is 0.319 e. The molecule has 40 heavy (non-hydrogen) atoms. The second-order valence-corrected chi connectivity index (χ2v) is 9.38. The maximum Gasteiger partial charge on any atom is 0.319 e. The van der Waals surface area contributed by atoms with Crippen molar-refractivity contribution in [3.63, 3.8) is 0 Å². The summed E-state index contributed by atoms with van der Waals surface area (Å²) in [5, 5.41) is 11.1. The Labute approximate surface area is 230 Å². The highest BCUT2D eigenvalue weighted by Gasteiger charge is 2.16. The lowest BCUT2D eigenvalue weighted by molar-refractivity contribution is 0.0947. The lowest BCUT2D eigenvalue weighted by Crippen LogP contribution is -2.37. The average Bonchev–Trinajstić information content (AvgIpc) is 2.95. The SMILES string of the molecule is CCNc1nc(-c2ccc(NC(=O)NCc3cc(F)c(F)nc3F)cc2)ccc1C(=O)NCCN1CCCCC1. The van der Waals surface area contributed by atoms with Gasteiger partial charge in [-0.1, -0.05) is 18.6 Å². The Bertz CT molecular complexity index is 1330. The highest BCUT2D eigenvalue weighted by Crippen LogP contribution is 2.24. The van der Waals surface area contributed by atoms with Gasteiger partial charge in [-0.3, -0.25) is 4.79 Å². The first-order chi connectivity index (χ1) is 19.3. The number of nitrogens with one attached hydrogen (secondary N) is 4. The molecule has 3 amide bonds. The third-order valence-electron chi connectivity index (χ3n) is 6.48. The minimum atomic E-state index is -1.54. The molecule has 1 aliphatic heterocycles. The number of piperidine rings is 1. The van der Waals surface area contributed by atoms with Gasteiger partial charge in [0.2, 0.25) is 5.95 Å². The van der Waals surface area contributed by atoms with Gasteiger partial charge in [0.05, 0.1) is 11.3 Å². The van der Waals surface area contributed by atoms with Crippen molar-refractivity contribution in [2.24, 2.45) is 0 Å². The molecule has 212 valence electrons. The third-order valence-corrected chi connectivity index (χ3v) is 6.48. The Morgan fingerprint density at radius 3 is 2.40 bits per heavy atom. The predicted octanol–water partition coefficient (Wildman–Crippen LogP) is 4.53. The van der Waals surface area contributed by atoms with Gasteiger partial charge in [-0.2, -0.15) is 13.8 Å². The zero-order valence-electron chi connectivity index (χ0n) is 22.2. The molecular formula is C28H32F3N7O2. The second-order valence-electron chi connectivity index (χ2n) is 9.38. The zero-order valence-corrected chi connectivity index (χ0v) is 22.2. The fourth-order valence-electron chi connectivity index (χ4n) is 4.39. The standard InChI is InChI=1S/C28H32F3N7O2/c1-2-32-26-21(27(39)33-12-15-38-13-4-3-5-14-38)10-11-23(36-26)18-6-8-20(9-7-18)35-28(40)34-17-19-16-22(29)25(31)37-24(19)30/h6-11,16H,2-5,12-15,17H2,1H3,(H,32,36)(H,33,39)(H2,34,35,40). The average molecular weight is 556 g/mol. The first-order valence-corrected chi connectivity index (χ1v) is 13.2. The third kappa shape index (κ3) is 7.69. The number of aromatic nitrogens is 2. The van der Waals surface area contributed by atoms with E-state index in [1.165, 1.54) is 19.3 Å². The van der Waals surface area contributed by atoms with Crippen LogP contribution in [0.4, 0.5) is 29.5 Å². The summed E-state index contributed by atoms with van der Waals surface area (Å²) in [7, 11) is 0. The molecule has 1 aromatic carbocycles. The Morgan fingerprint density at radius 1 is 0.925 bits per heavy atom. The zero-order chi connectivity index (χ0) is 28.5. The van der Waals surface area contributed by atoms with Crippen LogP contribution < -0.4 is 21.3 Å². The van der Waals surface area contributed by atoms with Crippen molar-refractivity contribution in [2.75, 3.05) is 43.4 Å². The Balaban J connectivity index is 1.34. The van der Waals surface area contributed by atoms with Crippen LogP contribution in [-0.4, -0.2) is 59.5 Å². The van der Waals surface area contributed by atoms with E-state index in [0.717, 1.165) is 25.2 Å². The number of anilines is 2. The van der Waals surface area contributed by atoms with Gasteiger partial charge in [0, 0.05) is 43.0 Å². The van der Waals surface area contributed by atoms with Crippen molar-refractivity contribution in [2.45, 2.75) is 32.7 Å². The van der Waals surface area contributed by atoms with Gasteiger partial charge in [0.25, 0.3) is 11.9 Å². The maximum absolute atomic E-state index is 13.7. The molecule has 4 rings (SSSR count). The molecule has 0 bridgehead atoms. The topological polar surface area (TPSA) is 111 Å². The van der Waals surface area contributed by atoms with Gasteiger partial charge in [-0.25, -0.2) is 14.2 Å². The molecule has 1 saturated heterocycles. The van der Waals surface area contributed by atoms with Crippen molar-refractivity contribution in [1.29, 1.82) is 0 Å². The number of nitrogens with zero attached hydrogens (tertiary/aromatic N) is 3. The number of carbonyl (C=O) groups is 2. The number of hydrogen-bond donors (Lipinski definition) is 4. The quantitative estimate of drug-likeness (QED) is 0.274. The molecule has 1 aliphatic rings. The molecule has 9 nitrogen and oxygen atoms in total. The predicted molar refractivity (Wildman–Crippen MR) is 146 cm³/mol. The van der Waals surface area contributed by atoms with E-state index in [0.29, 0.717) is 41.9 Å². The first kappa shape index (κ1) is 28.8. The summed E-state index contributed by atoms with van der Waals surface area (Å²) >= 11 is 0. The van der Waals surface area contributed by atoms with Gasteiger partial charge in [-0.15, -0.1) is 0 Å². The Kier molecular flexibility index (Phi) is 9.90. The monoisotopic (exact) mass is 555 g/mol. The van der Waals surface area contributed by atoms with Crippen LogP contribution in [0.1, 0.15) is 42.1 Å². The highest BCUT2D eigenvalue weighted by atomic mass is 19.2. The molecule has 0 radical (unpaired) electrons. The fraction of sp³-hybridized carbons (Fsp3) is 0.357. The van der Waals surface area contributed by atoms with Crippen molar-refractivity contribution >= 4 is 23.4 Å². The summed E-state index contributed by atoms with van der Waals surface area (Å²) in [6.45, 7) is 5.68. The molecule has 0 atom stereocenters. The van der Waals surface area contributed by atoms with E-state index in [1.807, 2.05) is 6.92 Å². The summed E-state index contributed by atoms with van der Waals surface area (Å²) in [5.41, 5.74) is 2.02. The summed E-state index contributed by atoms with van der Waals surface area (Å²) in [5.74, 6) is -3.75. The van der Waals surface area contributed by atoms with Crippen molar-refractivity contribution in [3.05, 3.63) is 71.3 Å². The van der Waals surface area contributed by atoms with Crippen LogP contribution in [0.25, 0.3) is 11.3 Å². The normalized spacial score (nSPS) is 13.5. The van der Waals surface area contributed by atoms with E-state index in [4.69, 9.17) is 0 Å². The molecule has 1 fully saturated rings. The summed E-state index contributed by atoms with van der Waals surface area (Å²) < 4.78 is 39.9. The van der Waals surface area contributed by atoms with E-state index < -0.39 is 23.7 Å². The number of urea groups is 1. The van der Waals surface area contributed by atoms with E-state index in [1.54, 1.807) is 36.4 Å². The first-order valence-electron chi connectivity index (χ1n) is 13.2. The van der Waals surface area contributed by atoms with Gasteiger partial charge in [0.1, 0.15) is 5.82 Å². The van der Waals surface area contributed by atoms with Gasteiger partial charge >= 0.3 is 6.03 Å². The van der Waals surface area contributed by atoms with Crippen molar-refractivity contribution in [1.82, 2.24) is 25.5 Å². The van der Waals surface area contributed by atoms with Crippen LogP contribution in [0.5, 0.6) is 0 Å². The van der Waals surface area contributed by atoms with E-state index in [-0.39, 0.29) is 18.0 Å². The number of hydrogen-bond acceptors (Lipinski definition) is 6. The number of rotatable bonds is 10. The van der Waals surface area contributed by atoms with E-state index >= 15 is 0 Å². The molecule has 12 heteroatoms. The highest BCUT2D eigenvalue weighted by molar-refractivity contribution is 5.99. The number of pyridine rings is 2. The summed E-state index contributed by atoms with van der Waals surface area (Å²) in [4.78, 5) is 34.9. The second kappa shape index (κ2) is 13.7. The summed E-state index contributed by atoms with van der Waals surface area (Å²) in [6.07, 6.45) is 3.67. The van der Waals surface area contributed by atoms with Crippen LogP contribution in [-0.2, 0) is 6.54 Å². The van der Waals surface area contributed by atoms with Gasteiger partial charge < -0.3 is 26.2 Å².